The number of amides is 2. The maximum absolute atomic E-state index is 13.8. The zero-order chi connectivity index (χ0) is 24.5. The highest BCUT2D eigenvalue weighted by Gasteiger charge is 2.42. The van der Waals surface area contributed by atoms with E-state index in [0.29, 0.717) is 37.3 Å². The van der Waals surface area contributed by atoms with Crippen molar-refractivity contribution in [2.75, 3.05) is 26.2 Å². The summed E-state index contributed by atoms with van der Waals surface area (Å²) < 4.78 is 40.3. The number of hydrogen-bond acceptors (Lipinski definition) is 3. The molecule has 0 unspecified atom stereocenters. The molecule has 2 aromatic carbocycles. The first-order chi connectivity index (χ1) is 16.2. The smallest absolute Gasteiger partial charge is 0.253 e. The van der Waals surface area contributed by atoms with Gasteiger partial charge in [0.1, 0.15) is 0 Å². The minimum Gasteiger partial charge on any atom is -0.339 e. The number of ketones is 1. The largest absolute Gasteiger partial charge is 0.339 e. The van der Waals surface area contributed by atoms with E-state index in [2.05, 4.69) is 0 Å². The van der Waals surface area contributed by atoms with Gasteiger partial charge in [-0.05, 0) is 61.9 Å². The summed E-state index contributed by atoms with van der Waals surface area (Å²) in [5, 5.41) is 0. The average molecular weight is 470 g/mol. The Balaban J connectivity index is 1.33. The third-order valence-electron chi connectivity index (χ3n) is 6.87. The molecule has 0 aliphatic carbocycles. The van der Waals surface area contributed by atoms with Gasteiger partial charge in [-0.25, -0.2) is 13.2 Å². The van der Waals surface area contributed by atoms with Crippen molar-refractivity contribution >= 4 is 23.7 Å². The number of Topliss-reactive ketones (excluding diaryl/α,β-unsaturated/α-hetero) is 1. The van der Waals surface area contributed by atoms with Crippen LogP contribution >= 0.6 is 0 Å². The van der Waals surface area contributed by atoms with Gasteiger partial charge in [-0.3, -0.25) is 14.4 Å². The van der Waals surface area contributed by atoms with E-state index in [9.17, 15) is 27.6 Å². The van der Waals surface area contributed by atoms with Crippen molar-refractivity contribution < 1.29 is 27.6 Å². The standard InChI is InChI=1S/C26H25F3N2O3/c1-17(32)18-2-4-20(5-3-18)25(34)30-13-10-26(11-14-30)12-15-31(16-26)22(33)9-7-19-6-8-21(27)24(29)23(19)28/h2-9H,10-16H2,1H3/b9-7+. The minimum absolute atomic E-state index is 0.0518. The van der Waals surface area contributed by atoms with Crippen LogP contribution in [-0.4, -0.2) is 53.6 Å². The van der Waals surface area contributed by atoms with Crippen LogP contribution in [0.3, 0.4) is 0 Å². The molecule has 0 N–H and O–H groups in total. The number of rotatable bonds is 4. The van der Waals surface area contributed by atoms with Crippen LogP contribution in [0, 0.1) is 22.9 Å². The Labute approximate surface area is 195 Å². The zero-order valence-corrected chi connectivity index (χ0v) is 18.8. The Morgan fingerprint density at radius 3 is 2.03 bits per heavy atom. The Morgan fingerprint density at radius 1 is 0.824 bits per heavy atom. The lowest BCUT2D eigenvalue weighted by Gasteiger charge is -2.39. The molecule has 0 bridgehead atoms. The molecule has 2 fully saturated rings. The van der Waals surface area contributed by atoms with E-state index in [-0.39, 0.29) is 28.6 Å². The first-order valence-electron chi connectivity index (χ1n) is 11.2. The van der Waals surface area contributed by atoms with Gasteiger partial charge in [0.15, 0.2) is 23.2 Å². The van der Waals surface area contributed by atoms with E-state index in [4.69, 9.17) is 0 Å². The fourth-order valence-electron chi connectivity index (χ4n) is 4.68. The highest BCUT2D eigenvalue weighted by Crippen LogP contribution is 2.40. The first-order valence-corrected chi connectivity index (χ1v) is 11.2. The molecular formula is C26H25F3N2O3. The van der Waals surface area contributed by atoms with Crippen LogP contribution in [-0.2, 0) is 4.79 Å². The maximum Gasteiger partial charge on any atom is 0.253 e. The van der Waals surface area contributed by atoms with Gasteiger partial charge in [-0.1, -0.05) is 12.1 Å². The van der Waals surface area contributed by atoms with Crippen molar-refractivity contribution in [3.8, 4) is 0 Å². The Kier molecular flexibility index (Phi) is 6.59. The SMILES string of the molecule is CC(=O)c1ccc(C(=O)N2CCC3(CCN(C(=O)/C=C/c4ccc(F)c(F)c4F)C3)CC2)cc1. The predicted molar refractivity (Wildman–Crippen MR) is 121 cm³/mol. The molecule has 2 heterocycles. The van der Waals surface area contributed by atoms with Gasteiger partial charge in [-0.15, -0.1) is 0 Å². The predicted octanol–water partition coefficient (Wildman–Crippen LogP) is 4.47. The number of piperidine rings is 1. The Bertz CT molecular complexity index is 1150. The number of hydrogen-bond donors (Lipinski definition) is 0. The maximum atomic E-state index is 13.8. The number of likely N-dealkylation sites (tertiary alicyclic amines) is 2. The lowest BCUT2D eigenvalue weighted by Crippen LogP contribution is -2.44. The molecule has 2 saturated heterocycles. The van der Waals surface area contributed by atoms with Gasteiger partial charge >= 0.3 is 0 Å². The summed E-state index contributed by atoms with van der Waals surface area (Å²) in [6, 6.07) is 8.55. The molecule has 0 atom stereocenters. The van der Waals surface area contributed by atoms with Crippen molar-refractivity contribution in [2.45, 2.75) is 26.2 Å². The lowest BCUT2D eigenvalue weighted by atomic mass is 9.77. The van der Waals surface area contributed by atoms with Crippen molar-refractivity contribution in [3.63, 3.8) is 0 Å². The normalized spacial score (nSPS) is 17.5. The second-order valence-corrected chi connectivity index (χ2v) is 9.03. The number of benzene rings is 2. The van der Waals surface area contributed by atoms with Gasteiger partial charge < -0.3 is 9.80 Å². The number of carbonyl (C=O) groups is 3. The summed E-state index contributed by atoms with van der Waals surface area (Å²) >= 11 is 0. The Hall–Kier alpha value is -3.42. The molecule has 4 rings (SSSR count). The molecule has 0 aromatic heterocycles. The second kappa shape index (κ2) is 9.44. The van der Waals surface area contributed by atoms with E-state index < -0.39 is 17.5 Å². The zero-order valence-electron chi connectivity index (χ0n) is 18.8. The third kappa shape index (κ3) is 4.76. The van der Waals surface area contributed by atoms with Gasteiger partial charge in [-0.2, -0.15) is 0 Å². The fourth-order valence-corrected chi connectivity index (χ4v) is 4.68. The van der Waals surface area contributed by atoms with Crippen molar-refractivity contribution in [3.05, 3.63) is 76.6 Å². The first kappa shape index (κ1) is 23.7. The van der Waals surface area contributed by atoms with E-state index in [1.165, 1.54) is 13.0 Å². The van der Waals surface area contributed by atoms with Gasteiger partial charge in [0.25, 0.3) is 5.91 Å². The summed E-state index contributed by atoms with van der Waals surface area (Å²) in [5.74, 6) is -4.61. The summed E-state index contributed by atoms with van der Waals surface area (Å²) in [6.45, 7) is 3.71. The molecular weight excluding hydrogens is 445 g/mol. The van der Waals surface area contributed by atoms with Gasteiger partial charge in [0.2, 0.25) is 5.91 Å². The summed E-state index contributed by atoms with van der Waals surface area (Å²) in [6.07, 6.45) is 4.66. The van der Waals surface area contributed by atoms with E-state index in [1.807, 2.05) is 0 Å². The highest BCUT2D eigenvalue weighted by molar-refractivity contribution is 5.97. The highest BCUT2D eigenvalue weighted by atomic mass is 19.2. The molecule has 8 heteroatoms. The molecule has 34 heavy (non-hydrogen) atoms. The van der Waals surface area contributed by atoms with Gasteiger partial charge in [0, 0.05) is 48.9 Å². The molecule has 2 aromatic rings. The molecule has 2 amide bonds. The summed E-state index contributed by atoms with van der Waals surface area (Å²) in [4.78, 5) is 40.3. The van der Waals surface area contributed by atoms with Crippen molar-refractivity contribution in [2.24, 2.45) is 5.41 Å². The Morgan fingerprint density at radius 2 is 1.41 bits per heavy atom. The quantitative estimate of drug-likeness (QED) is 0.376. The van der Waals surface area contributed by atoms with Crippen LogP contribution in [0.5, 0.6) is 0 Å². The van der Waals surface area contributed by atoms with Crippen LogP contribution in [0.15, 0.2) is 42.5 Å². The van der Waals surface area contributed by atoms with Crippen molar-refractivity contribution in [1.82, 2.24) is 9.80 Å². The topological polar surface area (TPSA) is 57.7 Å². The molecule has 178 valence electrons. The number of carbonyl (C=O) groups excluding carboxylic acids is 3. The fraction of sp³-hybridized carbons (Fsp3) is 0.346. The van der Waals surface area contributed by atoms with Crippen LogP contribution in [0.1, 0.15) is 52.5 Å². The molecule has 2 aliphatic rings. The van der Waals surface area contributed by atoms with Crippen LogP contribution < -0.4 is 0 Å². The molecule has 0 saturated carbocycles. The molecule has 2 aliphatic heterocycles. The number of halogens is 3. The van der Waals surface area contributed by atoms with Crippen LogP contribution in [0.25, 0.3) is 6.08 Å². The van der Waals surface area contributed by atoms with E-state index in [1.54, 1.807) is 34.1 Å². The molecule has 1 spiro atoms. The average Bonchev–Trinajstić information content (AvgIpc) is 3.25. The summed E-state index contributed by atoms with van der Waals surface area (Å²) in [5.41, 5.74) is 0.834. The van der Waals surface area contributed by atoms with E-state index >= 15 is 0 Å². The lowest BCUT2D eigenvalue weighted by molar-refractivity contribution is -0.125. The second-order valence-electron chi connectivity index (χ2n) is 9.03. The van der Waals surface area contributed by atoms with Crippen LogP contribution in [0.2, 0.25) is 0 Å². The van der Waals surface area contributed by atoms with Gasteiger partial charge in [0.05, 0.1) is 0 Å². The van der Waals surface area contributed by atoms with Crippen molar-refractivity contribution in [1.29, 1.82) is 0 Å². The van der Waals surface area contributed by atoms with E-state index in [0.717, 1.165) is 37.5 Å². The minimum atomic E-state index is -1.56. The molecule has 0 radical (unpaired) electrons. The third-order valence-corrected chi connectivity index (χ3v) is 6.87. The summed E-state index contributed by atoms with van der Waals surface area (Å²) in [7, 11) is 0. The number of nitrogens with zero attached hydrogens (tertiary/aromatic N) is 2. The van der Waals surface area contributed by atoms with Crippen LogP contribution in [0.4, 0.5) is 13.2 Å². The monoisotopic (exact) mass is 470 g/mol. The molecule has 5 nitrogen and oxygen atoms in total.